The molecular weight excluding hydrogens is 550 g/mol. The SMILES string of the molecule is CCn1c(SCC(=O)Nc2nc(-c3ccc(C)c([N+](=O)[O-])c3)cs2)nnc1[C@H](NC(=O)c1ccccc1)C(C)C. The maximum absolute atomic E-state index is 12.8. The van der Waals surface area contributed by atoms with Crippen LogP contribution in [0.2, 0.25) is 0 Å². The Morgan fingerprint density at radius 1 is 1.15 bits per heavy atom. The predicted molar refractivity (Wildman–Crippen MR) is 155 cm³/mol. The Morgan fingerprint density at radius 2 is 1.90 bits per heavy atom. The monoisotopic (exact) mass is 579 g/mol. The lowest BCUT2D eigenvalue weighted by atomic mass is 10.0. The van der Waals surface area contributed by atoms with E-state index in [1.165, 1.54) is 29.2 Å². The number of nitro benzene ring substituents is 1. The van der Waals surface area contributed by atoms with Crippen LogP contribution in [0.4, 0.5) is 10.8 Å². The minimum absolute atomic E-state index is 0.0197. The van der Waals surface area contributed by atoms with Crippen molar-refractivity contribution in [2.45, 2.75) is 45.4 Å². The fourth-order valence-electron chi connectivity index (χ4n) is 3.99. The Kier molecular flexibility index (Phi) is 9.27. The number of carbonyl (C=O) groups excluding carboxylic acids is 2. The summed E-state index contributed by atoms with van der Waals surface area (Å²) in [5.41, 5.74) is 2.30. The fraction of sp³-hybridized carbons (Fsp3) is 0.296. The van der Waals surface area contributed by atoms with Crippen LogP contribution < -0.4 is 10.6 Å². The third-order valence-electron chi connectivity index (χ3n) is 6.11. The molecule has 13 heteroatoms. The summed E-state index contributed by atoms with van der Waals surface area (Å²) < 4.78 is 1.90. The van der Waals surface area contributed by atoms with Gasteiger partial charge in [-0.1, -0.05) is 55.9 Å². The number of aromatic nitrogens is 4. The standard InChI is InChI=1S/C27H29N7O4S2/c1-5-33-24(23(16(2)3)30-25(36)18-9-7-6-8-10-18)31-32-27(33)40-15-22(35)29-26-28-20(14-39-26)19-12-11-17(4)21(13-19)34(37)38/h6-14,16,23H,5,15H2,1-4H3,(H,30,36)(H,28,29,35)/t23-/m1/s1. The number of thiazole rings is 1. The van der Waals surface area contributed by atoms with Crippen LogP contribution in [0.25, 0.3) is 11.3 Å². The van der Waals surface area contributed by atoms with E-state index in [0.717, 1.165) is 0 Å². The lowest BCUT2D eigenvalue weighted by Gasteiger charge is -2.22. The number of hydrogen-bond donors (Lipinski definition) is 2. The Hall–Kier alpha value is -4.10. The van der Waals surface area contributed by atoms with Gasteiger partial charge in [0.15, 0.2) is 16.1 Å². The highest BCUT2D eigenvalue weighted by atomic mass is 32.2. The molecule has 11 nitrogen and oxygen atoms in total. The molecule has 2 heterocycles. The van der Waals surface area contributed by atoms with Crippen LogP contribution in [-0.2, 0) is 11.3 Å². The average Bonchev–Trinajstić information content (AvgIpc) is 3.57. The van der Waals surface area contributed by atoms with E-state index in [2.05, 4.69) is 25.8 Å². The van der Waals surface area contributed by atoms with Gasteiger partial charge in [0, 0.05) is 34.7 Å². The summed E-state index contributed by atoms with van der Waals surface area (Å²) in [6, 6.07) is 13.6. The molecule has 2 aromatic heterocycles. The van der Waals surface area contributed by atoms with E-state index in [1.807, 2.05) is 43.5 Å². The zero-order chi connectivity index (χ0) is 28.8. The first-order valence-corrected chi connectivity index (χ1v) is 14.5. The third kappa shape index (κ3) is 6.72. The number of carbonyl (C=O) groups is 2. The van der Waals surface area contributed by atoms with Crippen molar-refractivity contribution in [3.05, 3.63) is 81.0 Å². The molecule has 0 radical (unpaired) electrons. The van der Waals surface area contributed by atoms with Crippen LogP contribution in [0.3, 0.4) is 0 Å². The maximum atomic E-state index is 12.8. The van der Waals surface area contributed by atoms with Crippen molar-refractivity contribution in [2.75, 3.05) is 11.1 Å². The van der Waals surface area contributed by atoms with Crippen molar-refractivity contribution in [1.29, 1.82) is 0 Å². The number of hydrogen-bond acceptors (Lipinski definition) is 9. The van der Waals surface area contributed by atoms with Crippen molar-refractivity contribution in [3.8, 4) is 11.3 Å². The first kappa shape index (κ1) is 28.9. The van der Waals surface area contributed by atoms with Gasteiger partial charge in [-0.2, -0.15) is 0 Å². The second kappa shape index (κ2) is 12.8. The highest BCUT2D eigenvalue weighted by molar-refractivity contribution is 7.99. The zero-order valence-electron chi connectivity index (χ0n) is 22.5. The smallest absolute Gasteiger partial charge is 0.272 e. The zero-order valence-corrected chi connectivity index (χ0v) is 24.1. The number of amides is 2. The van der Waals surface area contributed by atoms with E-state index in [-0.39, 0.29) is 35.2 Å². The summed E-state index contributed by atoms with van der Waals surface area (Å²) in [4.78, 5) is 40.8. The van der Waals surface area contributed by atoms with Gasteiger partial charge in [0.25, 0.3) is 11.6 Å². The van der Waals surface area contributed by atoms with Crippen LogP contribution in [0.5, 0.6) is 0 Å². The number of nitro groups is 1. The minimum atomic E-state index is -0.424. The molecule has 0 saturated carbocycles. The van der Waals surface area contributed by atoms with Gasteiger partial charge < -0.3 is 15.2 Å². The largest absolute Gasteiger partial charge is 0.342 e. The summed E-state index contributed by atoms with van der Waals surface area (Å²) in [5, 5.41) is 28.5. The molecule has 0 saturated heterocycles. The molecule has 1 atom stereocenters. The Labute approximate surface area is 239 Å². The highest BCUT2D eigenvalue weighted by Crippen LogP contribution is 2.30. The number of anilines is 1. The van der Waals surface area contributed by atoms with Gasteiger partial charge in [0.2, 0.25) is 5.91 Å². The third-order valence-corrected chi connectivity index (χ3v) is 7.84. The van der Waals surface area contributed by atoms with Crippen LogP contribution in [0, 0.1) is 23.0 Å². The van der Waals surface area contributed by atoms with Gasteiger partial charge in [0.05, 0.1) is 22.4 Å². The molecule has 2 N–H and O–H groups in total. The molecule has 0 unspecified atom stereocenters. The van der Waals surface area contributed by atoms with E-state index in [9.17, 15) is 19.7 Å². The second-order valence-corrected chi connectivity index (χ2v) is 11.1. The normalized spacial score (nSPS) is 11.8. The summed E-state index contributed by atoms with van der Waals surface area (Å²) in [5.74, 6) is 0.289. The number of benzene rings is 2. The van der Waals surface area contributed by atoms with Crippen molar-refractivity contribution in [3.63, 3.8) is 0 Å². The second-order valence-electron chi connectivity index (χ2n) is 9.28. The van der Waals surface area contributed by atoms with E-state index in [0.29, 0.717) is 45.0 Å². The van der Waals surface area contributed by atoms with E-state index in [1.54, 1.807) is 36.6 Å². The summed E-state index contributed by atoms with van der Waals surface area (Å²) in [6.07, 6.45) is 0. The molecule has 2 aromatic carbocycles. The molecule has 4 aromatic rings. The molecule has 0 spiro atoms. The molecule has 40 heavy (non-hydrogen) atoms. The van der Waals surface area contributed by atoms with E-state index < -0.39 is 4.92 Å². The summed E-state index contributed by atoms with van der Waals surface area (Å²) in [6.45, 7) is 8.21. The quantitative estimate of drug-likeness (QED) is 0.135. The molecule has 0 aliphatic carbocycles. The molecule has 0 fully saturated rings. The van der Waals surface area contributed by atoms with Crippen LogP contribution in [0.1, 0.15) is 48.6 Å². The fourth-order valence-corrected chi connectivity index (χ4v) is 5.54. The van der Waals surface area contributed by atoms with Crippen molar-refractivity contribution < 1.29 is 14.5 Å². The van der Waals surface area contributed by atoms with Crippen LogP contribution in [0.15, 0.2) is 59.1 Å². The van der Waals surface area contributed by atoms with Gasteiger partial charge in [-0.3, -0.25) is 19.7 Å². The first-order valence-electron chi connectivity index (χ1n) is 12.6. The van der Waals surface area contributed by atoms with Crippen molar-refractivity contribution in [1.82, 2.24) is 25.1 Å². The highest BCUT2D eigenvalue weighted by Gasteiger charge is 2.26. The molecule has 4 rings (SSSR count). The average molecular weight is 580 g/mol. The van der Waals surface area contributed by atoms with E-state index >= 15 is 0 Å². The molecule has 208 valence electrons. The van der Waals surface area contributed by atoms with Gasteiger partial charge in [0.1, 0.15) is 0 Å². The molecular formula is C27H29N7O4S2. The Bertz CT molecular complexity index is 1520. The molecule has 0 aliphatic rings. The Balaban J connectivity index is 1.41. The van der Waals surface area contributed by atoms with Gasteiger partial charge >= 0.3 is 0 Å². The number of rotatable bonds is 11. The predicted octanol–water partition coefficient (Wildman–Crippen LogP) is 5.50. The number of nitrogens with zero attached hydrogens (tertiary/aromatic N) is 5. The molecule has 0 bridgehead atoms. The van der Waals surface area contributed by atoms with E-state index in [4.69, 9.17) is 0 Å². The lowest BCUT2D eigenvalue weighted by Crippen LogP contribution is -2.33. The number of nitrogens with one attached hydrogen (secondary N) is 2. The van der Waals surface area contributed by atoms with Crippen molar-refractivity contribution >= 4 is 45.7 Å². The van der Waals surface area contributed by atoms with Gasteiger partial charge in [-0.05, 0) is 31.9 Å². The molecule has 2 amide bonds. The first-order chi connectivity index (χ1) is 19.2. The van der Waals surface area contributed by atoms with Gasteiger partial charge in [-0.25, -0.2) is 4.98 Å². The van der Waals surface area contributed by atoms with Gasteiger partial charge in [-0.15, -0.1) is 21.5 Å². The molecule has 0 aliphatic heterocycles. The number of thioether (sulfide) groups is 1. The summed E-state index contributed by atoms with van der Waals surface area (Å²) in [7, 11) is 0. The summed E-state index contributed by atoms with van der Waals surface area (Å²) >= 11 is 2.48. The van der Waals surface area contributed by atoms with Crippen LogP contribution >= 0.6 is 23.1 Å². The topological polar surface area (TPSA) is 145 Å². The van der Waals surface area contributed by atoms with Crippen molar-refractivity contribution in [2.24, 2.45) is 5.92 Å². The minimum Gasteiger partial charge on any atom is -0.342 e. The lowest BCUT2D eigenvalue weighted by molar-refractivity contribution is -0.385. The maximum Gasteiger partial charge on any atom is 0.272 e. The Morgan fingerprint density at radius 3 is 2.58 bits per heavy atom. The number of aryl methyl sites for hydroxylation is 1. The van der Waals surface area contributed by atoms with Crippen LogP contribution in [-0.4, -0.2) is 42.2 Å².